The first kappa shape index (κ1) is 42.6. The molecule has 0 aromatic heterocycles. The molecule has 1 N–H and O–H groups in total. The van der Waals surface area contributed by atoms with Crippen LogP contribution < -0.4 is 5.32 Å². The standard InChI is InChI=1S/C22H10F19N3O5/c1-7-3-9(10(13(48)44-6-49-8(2)47)12(43-5-46)11(7)42-4-45)14(23,24)15(25,26)16(27,28)17(29,30)18(31,32)19(33,34)20(35,36)21(37,38)22(39,40)41/h3H,6H2,1-2H3,(H,44,48). The van der Waals surface area contributed by atoms with Crippen LogP contribution in [0.3, 0.4) is 0 Å². The molecule has 0 aliphatic rings. The van der Waals surface area contributed by atoms with Gasteiger partial charge in [0.05, 0.1) is 5.56 Å². The summed E-state index contributed by atoms with van der Waals surface area (Å²) in [6.07, 6.45) is -6.96. The molecule has 0 aliphatic carbocycles. The maximum atomic E-state index is 15.3. The van der Waals surface area contributed by atoms with E-state index in [4.69, 9.17) is 0 Å². The normalized spacial score (nSPS) is 14.1. The molecule has 0 bridgehead atoms. The Morgan fingerprint density at radius 1 is 0.653 bits per heavy atom. The molecule has 27 heteroatoms. The van der Waals surface area contributed by atoms with Gasteiger partial charge in [0, 0.05) is 12.5 Å². The van der Waals surface area contributed by atoms with Gasteiger partial charge in [-0.1, -0.05) is 0 Å². The lowest BCUT2D eigenvalue weighted by molar-refractivity contribution is -0.469. The maximum absolute atomic E-state index is 15.3. The van der Waals surface area contributed by atoms with Gasteiger partial charge in [0.25, 0.3) is 5.91 Å². The summed E-state index contributed by atoms with van der Waals surface area (Å²) in [4.78, 5) is 50.3. The molecular formula is C22H10F19N3O5. The lowest BCUT2D eigenvalue weighted by Gasteiger charge is -2.44. The molecule has 49 heavy (non-hydrogen) atoms. The fourth-order valence-corrected chi connectivity index (χ4v) is 3.43. The lowest BCUT2D eigenvalue weighted by atomic mass is 9.84. The average molecular weight is 757 g/mol. The minimum Gasteiger partial charge on any atom is -0.445 e. The number of alkyl halides is 19. The molecule has 1 rings (SSSR count). The van der Waals surface area contributed by atoms with E-state index in [1.54, 1.807) is 0 Å². The van der Waals surface area contributed by atoms with Gasteiger partial charge in [0.2, 0.25) is 12.2 Å². The van der Waals surface area contributed by atoms with Crippen LogP contribution in [0.4, 0.5) is 94.8 Å². The number of amides is 1. The highest BCUT2D eigenvalue weighted by Crippen LogP contribution is 2.66. The fraction of sp³-hybridized carbons (Fsp3) is 0.545. The molecule has 0 saturated heterocycles. The first-order valence-corrected chi connectivity index (χ1v) is 11.5. The highest BCUT2D eigenvalue weighted by atomic mass is 19.4. The number of hydrogen-bond donors (Lipinski definition) is 1. The largest absolute Gasteiger partial charge is 0.460 e. The van der Waals surface area contributed by atoms with Crippen LogP contribution in [-0.4, -0.2) is 78.4 Å². The average Bonchev–Trinajstić information content (AvgIpc) is 2.93. The van der Waals surface area contributed by atoms with Crippen LogP contribution in [-0.2, 0) is 25.0 Å². The van der Waals surface area contributed by atoms with E-state index in [9.17, 15) is 93.8 Å². The first-order chi connectivity index (χ1) is 21.6. The van der Waals surface area contributed by atoms with Crippen molar-refractivity contribution in [1.29, 1.82) is 0 Å². The summed E-state index contributed by atoms with van der Waals surface area (Å²) in [5.74, 6) is -73.3. The van der Waals surface area contributed by atoms with Gasteiger partial charge in [-0.05, 0) is 18.6 Å². The second-order valence-electron chi connectivity index (χ2n) is 9.10. The predicted molar refractivity (Wildman–Crippen MR) is 115 cm³/mol. The number of carbonyl (C=O) groups excluding carboxylic acids is 4. The van der Waals surface area contributed by atoms with Gasteiger partial charge < -0.3 is 10.1 Å². The number of aliphatic imine (C=N–C) groups is 2. The van der Waals surface area contributed by atoms with E-state index >= 15 is 8.78 Å². The zero-order chi connectivity index (χ0) is 39.2. The molecule has 0 aliphatic heterocycles. The third-order valence-electron chi connectivity index (χ3n) is 5.97. The monoisotopic (exact) mass is 757 g/mol. The molecule has 0 fully saturated rings. The Labute approximate surface area is 256 Å². The van der Waals surface area contributed by atoms with Crippen molar-refractivity contribution in [1.82, 2.24) is 5.32 Å². The number of halogens is 19. The van der Waals surface area contributed by atoms with Crippen LogP contribution in [0.25, 0.3) is 0 Å². The van der Waals surface area contributed by atoms with Crippen molar-refractivity contribution in [3.8, 4) is 0 Å². The number of esters is 1. The Bertz CT molecular complexity index is 1580. The van der Waals surface area contributed by atoms with Crippen LogP contribution in [0, 0.1) is 6.92 Å². The molecule has 1 aromatic carbocycles. The number of benzene rings is 1. The van der Waals surface area contributed by atoms with Crippen molar-refractivity contribution >= 4 is 35.4 Å². The Morgan fingerprint density at radius 3 is 1.39 bits per heavy atom. The number of aryl methyl sites for hydroxylation is 1. The number of carbonyl (C=O) groups is 2. The van der Waals surface area contributed by atoms with E-state index in [0.717, 1.165) is 0 Å². The van der Waals surface area contributed by atoms with Crippen LogP contribution >= 0.6 is 0 Å². The Morgan fingerprint density at radius 2 is 1.02 bits per heavy atom. The number of isocyanates is 2. The van der Waals surface area contributed by atoms with Crippen molar-refractivity contribution in [2.75, 3.05) is 6.73 Å². The number of nitrogens with one attached hydrogen (secondary N) is 1. The van der Waals surface area contributed by atoms with Crippen molar-refractivity contribution in [3.63, 3.8) is 0 Å². The summed E-state index contributed by atoms with van der Waals surface area (Å²) >= 11 is 0. The number of ether oxygens (including phenoxy) is 1. The molecule has 0 heterocycles. The molecule has 0 atom stereocenters. The van der Waals surface area contributed by atoms with Gasteiger partial charge in [0.15, 0.2) is 6.73 Å². The van der Waals surface area contributed by atoms with E-state index in [2.05, 4.69) is 14.7 Å². The minimum atomic E-state index is -9.20. The minimum absolute atomic E-state index is 0.378. The second-order valence-corrected chi connectivity index (χ2v) is 9.10. The summed E-state index contributed by atoms with van der Waals surface area (Å²) in [7, 11) is 0. The summed E-state index contributed by atoms with van der Waals surface area (Å²) in [5.41, 5.74) is -10.0. The van der Waals surface area contributed by atoms with E-state index in [1.165, 1.54) is 5.32 Å². The lowest BCUT2D eigenvalue weighted by Crippen LogP contribution is -2.75. The van der Waals surface area contributed by atoms with Crippen LogP contribution in [0.15, 0.2) is 16.1 Å². The molecule has 0 spiro atoms. The smallest absolute Gasteiger partial charge is 0.445 e. The van der Waals surface area contributed by atoms with Crippen molar-refractivity contribution in [3.05, 3.63) is 22.8 Å². The molecule has 276 valence electrons. The molecule has 0 radical (unpaired) electrons. The van der Waals surface area contributed by atoms with Crippen molar-refractivity contribution < 1.29 is 107 Å². The van der Waals surface area contributed by atoms with Gasteiger partial charge in [-0.3, -0.25) is 9.59 Å². The quantitative estimate of drug-likeness (QED) is 0.0748. The van der Waals surface area contributed by atoms with Crippen molar-refractivity contribution in [2.45, 2.75) is 67.4 Å². The number of nitrogens with zero attached hydrogens (tertiary/aromatic N) is 2. The van der Waals surface area contributed by atoms with Crippen LogP contribution in [0.1, 0.15) is 28.4 Å². The van der Waals surface area contributed by atoms with Gasteiger partial charge in [-0.25, -0.2) is 9.59 Å². The fourth-order valence-electron chi connectivity index (χ4n) is 3.43. The molecule has 0 saturated carbocycles. The Balaban J connectivity index is 4.23. The first-order valence-electron chi connectivity index (χ1n) is 11.5. The third kappa shape index (κ3) is 6.28. The van der Waals surface area contributed by atoms with E-state index in [0.29, 0.717) is 26.0 Å². The van der Waals surface area contributed by atoms with Gasteiger partial charge in [-0.2, -0.15) is 93.4 Å². The Hall–Kier alpha value is -4.41. The summed E-state index contributed by atoms with van der Waals surface area (Å²) < 4.78 is 267. The number of hydrogen-bond acceptors (Lipinski definition) is 7. The van der Waals surface area contributed by atoms with E-state index in [-0.39, 0.29) is 0 Å². The predicted octanol–water partition coefficient (Wildman–Crippen LogP) is 7.28. The second kappa shape index (κ2) is 12.8. The SMILES string of the molecule is CC(=O)OCNC(=O)c1c(C(F)(F)C(F)(F)C(F)(F)C(F)(F)C(F)(F)C(F)(F)C(F)(F)C(F)(F)C(F)(F)F)cc(C)c(N=C=O)c1N=C=O. The zero-order valence-electron chi connectivity index (χ0n) is 22.9. The molecule has 8 nitrogen and oxygen atoms in total. The van der Waals surface area contributed by atoms with Gasteiger partial charge in [-0.15, -0.1) is 0 Å². The maximum Gasteiger partial charge on any atom is 0.460 e. The molecule has 0 unspecified atom stereocenters. The summed E-state index contributed by atoms with van der Waals surface area (Å²) in [5, 5.41) is 1.25. The Kier molecular flexibility index (Phi) is 11.1. The van der Waals surface area contributed by atoms with Gasteiger partial charge >= 0.3 is 59.5 Å². The van der Waals surface area contributed by atoms with Crippen LogP contribution in [0.5, 0.6) is 0 Å². The molecule has 1 aromatic rings. The number of rotatable bonds is 13. The molecule has 1 amide bonds. The molecular weight excluding hydrogens is 747 g/mol. The topological polar surface area (TPSA) is 114 Å². The van der Waals surface area contributed by atoms with Crippen LogP contribution in [0.2, 0.25) is 0 Å². The van der Waals surface area contributed by atoms with E-state index in [1.807, 2.05) is 0 Å². The van der Waals surface area contributed by atoms with Gasteiger partial charge in [0.1, 0.15) is 11.4 Å². The van der Waals surface area contributed by atoms with E-state index < -0.39 is 106 Å². The highest BCUT2D eigenvalue weighted by molar-refractivity contribution is 6.04. The zero-order valence-corrected chi connectivity index (χ0v) is 22.9. The summed E-state index contributed by atoms with van der Waals surface area (Å²) in [6, 6.07) is -0.645. The highest BCUT2D eigenvalue weighted by Gasteiger charge is 2.96. The van der Waals surface area contributed by atoms with Crippen molar-refractivity contribution in [2.24, 2.45) is 9.98 Å². The third-order valence-corrected chi connectivity index (χ3v) is 5.97. The summed E-state index contributed by atoms with van der Waals surface area (Å²) in [6.45, 7) is -0.492.